The van der Waals surface area contributed by atoms with Crippen LogP contribution in [0.15, 0.2) is 12.4 Å². The van der Waals surface area contributed by atoms with Gasteiger partial charge in [0.15, 0.2) is 0 Å². The molecule has 1 fully saturated rings. The summed E-state index contributed by atoms with van der Waals surface area (Å²) in [7, 11) is 2.14. The first-order valence-electron chi connectivity index (χ1n) is 7.59. The van der Waals surface area contributed by atoms with Crippen LogP contribution in [-0.4, -0.2) is 48.2 Å². The van der Waals surface area contributed by atoms with Gasteiger partial charge in [-0.15, -0.1) is 0 Å². The van der Waals surface area contributed by atoms with Crippen molar-refractivity contribution >= 4 is 5.82 Å². The van der Waals surface area contributed by atoms with Crippen LogP contribution < -0.4 is 5.32 Å². The van der Waals surface area contributed by atoms with E-state index in [1.807, 2.05) is 12.4 Å². The fourth-order valence-electron chi connectivity index (χ4n) is 2.51. The first-order valence-corrected chi connectivity index (χ1v) is 7.59. The number of aromatic nitrogens is 2. The molecule has 0 saturated carbocycles. The van der Waals surface area contributed by atoms with Gasteiger partial charge in [-0.3, -0.25) is 4.98 Å². The Balaban J connectivity index is 1.76. The molecule has 1 aromatic rings. The smallest absolute Gasteiger partial charge is 0.144 e. The van der Waals surface area contributed by atoms with Crippen molar-refractivity contribution in [2.45, 2.75) is 32.7 Å². The van der Waals surface area contributed by atoms with Crippen molar-refractivity contribution in [1.29, 1.82) is 0 Å². The molecular formula is C15H26N4O. The standard InChI is InChI=1S/C15H26N4O/c1-3-6-16-15-9-17-14(8-18-15)11-19(2)10-13-5-4-7-20-12-13/h8-9,13H,3-7,10-12H2,1-2H3,(H,16,18). The van der Waals surface area contributed by atoms with E-state index < -0.39 is 0 Å². The van der Waals surface area contributed by atoms with Gasteiger partial charge in [-0.05, 0) is 32.2 Å². The van der Waals surface area contributed by atoms with Crippen LogP contribution in [0.1, 0.15) is 31.9 Å². The summed E-state index contributed by atoms with van der Waals surface area (Å²) < 4.78 is 5.52. The average molecular weight is 278 g/mol. The number of hydrogen-bond acceptors (Lipinski definition) is 5. The predicted molar refractivity (Wildman–Crippen MR) is 80.7 cm³/mol. The van der Waals surface area contributed by atoms with E-state index in [2.05, 4.69) is 34.2 Å². The van der Waals surface area contributed by atoms with Gasteiger partial charge in [0.25, 0.3) is 0 Å². The van der Waals surface area contributed by atoms with E-state index in [1.54, 1.807) is 0 Å². The zero-order valence-electron chi connectivity index (χ0n) is 12.6. The number of rotatable bonds is 7. The molecule has 1 aromatic heterocycles. The third-order valence-electron chi connectivity index (χ3n) is 3.52. The first kappa shape index (κ1) is 15.2. The van der Waals surface area contributed by atoms with Crippen molar-refractivity contribution in [3.63, 3.8) is 0 Å². The van der Waals surface area contributed by atoms with Crippen molar-refractivity contribution in [2.75, 3.05) is 38.7 Å². The molecule has 1 aliphatic rings. The highest BCUT2D eigenvalue weighted by Crippen LogP contribution is 2.15. The molecule has 0 amide bonds. The molecule has 5 heteroatoms. The third kappa shape index (κ3) is 5.06. The highest BCUT2D eigenvalue weighted by molar-refractivity contribution is 5.30. The predicted octanol–water partition coefficient (Wildman–Crippen LogP) is 2.16. The van der Waals surface area contributed by atoms with Crippen molar-refractivity contribution in [3.05, 3.63) is 18.1 Å². The van der Waals surface area contributed by atoms with E-state index in [9.17, 15) is 0 Å². The van der Waals surface area contributed by atoms with E-state index in [-0.39, 0.29) is 0 Å². The molecule has 1 unspecified atom stereocenters. The Labute approximate surface area is 121 Å². The summed E-state index contributed by atoms with van der Waals surface area (Å²) in [5.74, 6) is 1.52. The summed E-state index contributed by atoms with van der Waals surface area (Å²) in [6.45, 7) is 6.82. The van der Waals surface area contributed by atoms with Gasteiger partial charge in [-0.1, -0.05) is 6.92 Å². The van der Waals surface area contributed by atoms with Crippen LogP contribution >= 0.6 is 0 Å². The zero-order chi connectivity index (χ0) is 14.2. The van der Waals surface area contributed by atoms with E-state index >= 15 is 0 Å². The lowest BCUT2D eigenvalue weighted by Gasteiger charge is -2.26. The SMILES string of the molecule is CCCNc1cnc(CN(C)CC2CCCOC2)cn1. The molecule has 20 heavy (non-hydrogen) atoms. The Kier molecular flexibility index (Phi) is 6.21. The zero-order valence-corrected chi connectivity index (χ0v) is 12.6. The van der Waals surface area contributed by atoms with E-state index in [1.165, 1.54) is 12.8 Å². The maximum absolute atomic E-state index is 5.52. The number of hydrogen-bond donors (Lipinski definition) is 1. The number of nitrogens with one attached hydrogen (secondary N) is 1. The molecule has 1 atom stereocenters. The molecule has 0 aliphatic carbocycles. The molecule has 0 aromatic carbocycles. The molecule has 2 heterocycles. The molecule has 1 saturated heterocycles. The van der Waals surface area contributed by atoms with Gasteiger partial charge in [0.2, 0.25) is 0 Å². The summed E-state index contributed by atoms with van der Waals surface area (Å²) in [5, 5.41) is 3.24. The Morgan fingerprint density at radius 1 is 1.40 bits per heavy atom. The minimum Gasteiger partial charge on any atom is -0.381 e. The highest BCUT2D eigenvalue weighted by Gasteiger charge is 2.16. The first-order chi connectivity index (χ1) is 9.78. The number of anilines is 1. The summed E-state index contributed by atoms with van der Waals surface area (Å²) >= 11 is 0. The van der Waals surface area contributed by atoms with E-state index in [0.717, 1.165) is 50.8 Å². The normalized spacial score (nSPS) is 19.2. The molecule has 5 nitrogen and oxygen atoms in total. The Bertz CT molecular complexity index is 376. The maximum Gasteiger partial charge on any atom is 0.144 e. The van der Waals surface area contributed by atoms with Crippen LogP contribution in [0.2, 0.25) is 0 Å². The second-order valence-electron chi connectivity index (χ2n) is 5.60. The van der Waals surface area contributed by atoms with Gasteiger partial charge in [0.05, 0.1) is 24.7 Å². The van der Waals surface area contributed by atoms with Gasteiger partial charge < -0.3 is 15.0 Å². The van der Waals surface area contributed by atoms with Crippen LogP contribution in [-0.2, 0) is 11.3 Å². The van der Waals surface area contributed by atoms with Gasteiger partial charge in [-0.2, -0.15) is 0 Å². The van der Waals surface area contributed by atoms with Crippen molar-refractivity contribution in [2.24, 2.45) is 5.92 Å². The highest BCUT2D eigenvalue weighted by atomic mass is 16.5. The summed E-state index contributed by atoms with van der Waals surface area (Å²) in [6, 6.07) is 0. The maximum atomic E-state index is 5.52. The molecule has 2 rings (SSSR count). The van der Waals surface area contributed by atoms with Crippen molar-refractivity contribution in [3.8, 4) is 0 Å². The van der Waals surface area contributed by atoms with Crippen LogP contribution in [0.25, 0.3) is 0 Å². The Morgan fingerprint density at radius 3 is 2.95 bits per heavy atom. The third-order valence-corrected chi connectivity index (χ3v) is 3.52. The van der Waals surface area contributed by atoms with Gasteiger partial charge >= 0.3 is 0 Å². The lowest BCUT2D eigenvalue weighted by molar-refractivity contribution is 0.0410. The minimum atomic E-state index is 0.659. The summed E-state index contributed by atoms with van der Waals surface area (Å²) in [4.78, 5) is 11.2. The van der Waals surface area contributed by atoms with Gasteiger partial charge in [-0.25, -0.2) is 4.98 Å². The molecular weight excluding hydrogens is 252 g/mol. The monoisotopic (exact) mass is 278 g/mol. The van der Waals surface area contributed by atoms with Crippen LogP contribution in [0.3, 0.4) is 0 Å². The molecule has 1 aliphatic heterocycles. The van der Waals surface area contributed by atoms with Gasteiger partial charge in [0, 0.05) is 26.2 Å². The average Bonchev–Trinajstić information content (AvgIpc) is 2.47. The van der Waals surface area contributed by atoms with E-state index in [4.69, 9.17) is 4.74 Å². The minimum absolute atomic E-state index is 0.659. The Hall–Kier alpha value is -1.20. The van der Waals surface area contributed by atoms with Crippen LogP contribution in [0.5, 0.6) is 0 Å². The molecule has 0 radical (unpaired) electrons. The van der Waals surface area contributed by atoms with Gasteiger partial charge in [0.1, 0.15) is 5.82 Å². The quantitative estimate of drug-likeness (QED) is 0.828. The lowest BCUT2D eigenvalue weighted by atomic mass is 10.0. The summed E-state index contributed by atoms with van der Waals surface area (Å²) in [6.07, 6.45) is 7.25. The second-order valence-corrected chi connectivity index (χ2v) is 5.60. The Morgan fingerprint density at radius 2 is 2.30 bits per heavy atom. The lowest BCUT2D eigenvalue weighted by Crippen LogP contribution is -2.30. The second kappa shape index (κ2) is 8.17. The fraction of sp³-hybridized carbons (Fsp3) is 0.733. The van der Waals surface area contributed by atoms with E-state index in [0.29, 0.717) is 5.92 Å². The molecule has 0 spiro atoms. The molecule has 0 bridgehead atoms. The van der Waals surface area contributed by atoms with Crippen molar-refractivity contribution < 1.29 is 4.74 Å². The number of nitrogens with zero attached hydrogens (tertiary/aromatic N) is 3. The fourth-order valence-corrected chi connectivity index (χ4v) is 2.51. The molecule has 112 valence electrons. The largest absolute Gasteiger partial charge is 0.381 e. The molecule has 1 N–H and O–H groups in total. The van der Waals surface area contributed by atoms with Crippen LogP contribution in [0.4, 0.5) is 5.82 Å². The van der Waals surface area contributed by atoms with Crippen LogP contribution in [0, 0.1) is 5.92 Å². The summed E-state index contributed by atoms with van der Waals surface area (Å²) in [5.41, 5.74) is 1.02. The van der Waals surface area contributed by atoms with Crippen molar-refractivity contribution in [1.82, 2.24) is 14.9 Å². The number of ether oxygens (including phenoxy) is 1. The topological polar surface area (TPSA) is 50.3 Å².